The van der Waals surface area contributed by atoms with Crippen molar-refractivity contribution in [2.45, 2.75) is 51.7 Å². The normalized spacial score (nSPS) is 21.0. The number of anilines is 1. The molecule has 1 fully saturated rings. The van der Waals surface area contributed by atoms with Crippen LogP contribution in [0.15, 0.2) is 24.3 Å². The molecule has 3 N–H and O–H groups in total. The molecule has 0 aromatic heterocycles. The number of hydrogen-bond donors (Lipinski definition) is 2. The Hall–Kier alpha value is -1.26. The first-order valence-electron chi connectivity index (χ1n) is 7.36. The van der Waals surface area contributed by atoms with Crippen LogP contribution in [0, 0.1) is 5.92 Å². The zero-order valence-electron chi connectivity index (χ0n) is 12.7. The second-order valence-electron chi connectivity index (χ2n) is 5.80. The van der Waals surface area contributed by atoms with Crippen molar-refractivity contribution in [1.29, 1.82) is 0 Å². The van der Waals surface area contributed by atoms with Crippen LogP contribution in [-0.2, 0) is 4.79 Å². The number of benzene rings is 1. The van der Waals surface area contributed by atoms with E-state index in [0.717, 1.165) is 30.7 Å². The van der Waals surface area contributed by atoms with Gasteiger partial charge in [0, 0.05) is 18.2 Å². The highest BCUT2D eigenvalue weighted by molar-refractivity contribution is 5.90. The van der Waals surface area contributed by atoms with Gasteiger partial charge in [-0.15, -0.1) is 12.4 Å². The van der Waals surface area contributed by atoms with Gasteiger partial charge in [0.1, 0.15) is 5.75 Å². The number of carbonyl (C=O) groups is 1. The molecule has 0 heterocycles. The number of halogens is 1. The highest BCUT2D eigenvalue weighted by atomic mass is 35.5. The van der Waals surface area contributed by atoms with Crippen LogP contribution in [0.3, 0.4) is 0 Å². The molecule has 2 atom stereocenters. The first-order valence-corrected chi connectivity index (χ1v) is 7.36. The number of nitrogens with one attached hydrogen (secondary N) is 1. The molecule has 0 unspecified atom stereocenters. The predicted molar refractivity (Wildman–Crippen MR) is 88.0 cm³/mol. The van der Waals surface area contributed by atoms with Gasteiger partial charge in [0.15, 0.2) is 0 Å². The van der Waals surface area contributed by atoms with Crippen molar-refractivity contribution in [2.24, 2.45) is 11.7 Å². The second-order valence-corrected chi connectivity index (χ2v) is 5.80. The van der Waals surface area contributed by atoms with E-state index in [9.17, 15) is 4.79 Å². The molecule has 4 nitrogen and oxygen atoms in total. The van der Waals surface area contributed by atoms with Gasteiger partial charge in [-0.3, -0.25) is 4.79 Å². The van der Waals surface area contributed by atoms with E-state index in [1.165, 1.54) is 0 Å². The van der Waals surface area contributed by atoms with Crippen molar-refractivity contribution in [3.63, 3.8) is 0 Å². The smallest absolute Gasteiger partial charge is 0.224 e. The minimum Gasteiger partial charge on any atom is -0.491 e. The first-order chi connectivity index (χ1) is 9.54. The average Bonchev–Trinajstić information content (AvgIpc) is 2.77. The third-order valence-corrected chi connectivity index (χ3v) is 3.68. The molecule has 1 aliphatic rings. The summed E-state index contributed by atoms with van der Waals surface area (Å²) in [7, 11) is 0. The lowest BCUT2D eigenvalue weighted by Crippen LogP contribution is -2.28. The van der Waals surface area contributed by atoms with Crippen molar-refractivity contribution < 1.29 is 9.53 Å². The fraction of sp³-hybridized carbons (Fsp3) is 0.562. The summed E-state index contributed by atoms with van der Waals surface area (Å²) in [5, 5.41) is 2.92. The Balaban J connectivity index is 0.00000220. The van der Waals surface area contributed by atoms with Crippen molar-refractivity contribution in [2.75, 3.05) is 5.32 Å². The van der Waals surface area contributed by atoms with Crippen LogP contribution in [0.1, 0.15) is 39.5 Å². The monoisotopic (exact) mass is 312 g/mol. The highest BCUT2D eigenvalue weighted by Gasteiger charge is 2.25. The summed E-state index contributed by atoms with van der Waals surface area (Å²) in [4.78, 5) is 12.0. The van der Waals surface area contributed by atoms with Gasteiger partial charge in [-0.05, 0) is 56.9 Å². The van der Waals surface area contributed by atoms with E-state index in [1.807, 2.05) is 38.1 Å². The van der Waals surface area contributed by atoms with Gasteiger partial charge in [0.2, 0.25) is 5.91 Å². The van der Waals surface area contributed by atoms with Gasteiger partial charge < -0.3 is 15.8 Å². The fourth-order valence-corrected chi connectivity index (χ4v) is 2.66. The lowest BCUT2D eigenvalue weighted by atomic mass is 10.00. The Labute approximate surface area is 132 Å². The molecule has 21 heavy (non-hydrogen) atoms. The fourth-order valence-electron chi connectivity index (χ4n) is 2.66. The molecule has 5 heteroatoms. The minimum absolute atomic E-state index is 0. The van der Waals surface area contributed by atoms with Crippen molar-refractivity contribution in [1.82, 2.24) is 0 Å². The SMILES string of the molecule is CC(C)Oc1ccc(NC(=O)C[C@@H]2CCC[C@H]2N)cc1.Cl. The molecule has 0 radical (unpaired) electrons. The van der Waals surface area contributed by atoms with E-state index in [-0.39, 0.29) is 30.5 Å². The summed E-state index contributed by atoms with van der Waals surface area (Å²) in [5.74, 6) is 1.19. The van der Waals surface area contributed by atoms with Gasteiger partial charge in [0.05, 0.1) is 6.10 Å². The average molecular weight is 313 g/mol. The summed E-state index contributed by atoms with van der Waals surface area (Å²) < 4.78 is 5.57. The molecule has 0 bridgehead atoms. The van der Waals surface area contributed by atoms with E-state index in [0.29, 0.717) is 12.3 Å². The molecule has 0 aliphatic heterocycles. The van der Waals surface area contributed by atoms with Crippen LogP contribution < -0.4 is 15.8 Å². The molecule has 1 amide bonds. The zero-order chi connectivity index (χ0) is 14.5. The molecule has 1 saturated carbocycles. The van der Waals surface area contributed by atoms with Crippen LogP contribution in [0.4, 0.5) is 5.69 Å². The van der Waals surface area contributed by atoms with E-state index in [2.05, 4.69) is 5.32 Å². The van der Waals surface area contributed by atoms with Crippen molar-refractivity contribution in [3.8, 4) is 5.75 Å². The largest absolute Gasteiger partial charge is 0.491 e. The standard InChI is InChI=1S/C16H24N2O2.ClH/c1-11(2)20-14-8-6-13(7-9-14)18-16(19)10-12-4-3-5-15(12)17;/h6-9,11-12,15H,3-5,10,17H2,1-2H3,(H,18,19);1H/t12-,15+;/m0./s1. The number of amides is 1. The molecule has 1 aliphatic carbocycles. The second kappa shape index (κ2) is 8.25. The number of rotatable bonds is 5. The molecule has 118 valence electrons. The van der Waals surface area contributed by atoms with E-state index in [4.69, 9.17) is 10.5 Å². The van der Waals surface area contributed by atoms with Crippen LogP contribution in [0.25, 0.3) is 0 Å². The number of nitrogens with two attached hydrogens (primary N) is 1. The zero-order valence-corrected chi connectivity index (χ0v) is 13.5. The molecule has 2 rings (SSSR count). The quantitative estimate of drug-likeness (QED) is 0.876. The van der Waals surface area contributed by atoms with Crippen molar-refractivity contribution >= 4 is 24.0 Å². The Morgan fingerprint density at radius 2 is 2.00 bits per heavy atom. The molecule has 1 aromatic rings. The van der Waals surface area contributed by atoms with Gasteiger partial charge in [-0.2, -0.15) is 0 Å². The number of hydrogen-bond acceptors (Lipinski definition) is 3. The van der Waals surface area contributed by atoms with Gasteiger partial charge in [0.25, 0.3) is 0 Å². The summed E-state index contributed by atoms with van der Waals surface area (Å²) in [6.07, 6.45) is 3.92. The maximum Gasteiger partial charge on any atom is 0.224 e. The lowest BCUT2D eigenvalue weighted by molar-refractivity contribution is -0.117. The molecular weight excluding hydrogens is 288 g/mol. The van der Waals surface area contributed by atoms with Crippen LogP contribution in [0.2, 0.25) is 0 Å². The Bertz CT molecular complexity index is 448. The summed E-state index contributed by atoms with van der Waals surface area (Å²) in [5.41, 5.74) is 6.79. The molecule has 0 saturated heterocycles. The van der Waals surface area contributed by atoms with Crippen LogP contribution in [-0.4, -0.2) is 18.1 Å². The highest BCUT2D eigenvalue weighted by Crippen LogP contribution is 2.27. The van der Waals surface area contributed by atoms with E-state index in [1.54, 1.807) is 0 Å². The maximum absolute atomic E-state index is 12.0. The summed E-state index contributed by atoms with van der Waals surface area (Å²) >= 11 is 0. The maximum atomic E-state index is 12.0. The van der Waals surface area contributed by atoms with Crippen LogP contribution in [0.5, 0.6) is 5.75 Å². The summed E-state index contributed by atoms with van der Waals surface area (Å²) in [6.45, 7) is 3.97. The lowest BCUT2D eigenvalue weighted by Gasteiger charge is -2.15. The Morgan fingerprint density at radius 1 is 1.33 bits per heavy atom. The third kappa shape index (κ3) is 5.56. The number of ether oxygens (including phenoxy) is 1. The Kier molecular flexibility index (Phi) is 6.99. The van der Waals surface area contributed by atoms with Gasteiger partial charge in [-0.1, -0.05) is 6.42 Å². The predicted octanol–water partition coefficient (Wildman–Crippen LogP) is 3.35. The number of carbonyl (C=O) groups excluding carboxylic acids is 1. The van der Waals surface area contributed by atoms with Crippen molar-refractivity contribution in [3.05, 3.63) is 24.3 Å². The topological polar surface area (TPSA) is 64.3 Å². The third-order valence-electron chi connectivity index (χ3n) is 3.68. The van der Waals surface area contributed by atoms with E-state index >= 15 is 0 Å². The van der Waals surface area contributed by atoms with Crippen LogP contribution >= 0.6 is 12.4 Å². The minimum atomic E-state index is 0. The van der Waals surface area contributed by atoms with Gasteiger partial charge >= 0.3 is 0 Å². The molecule has 0 spiro atoms. The molecule has 1 aromatic carbocycles. The Morgan fingerprint density at radius 3 is 2.52 bits per heavy atom. The summed E-state index contributed by atoms with van der Waals surface area (Å²) in [6, 6.07) is 7.66. The van der Waals surface area contributed by atoms with E-state index < -0.39 is 0 Å². The molecular formula is C16H25ClN2O2. The van der Waals surface area contributed by atoms with Gasteiger partial charge in [-0.25, -0.2) is 0 Å². The first kappa shape index (κ1) is 17.8.